The van der Waals surface area contributed by atoms with E-state index in [9.17, 15) is 4.79 Å². The van der Waals surface area contributed by atoms with Crippen molar-refractivity contribution < 1.29 is 14.3 Å². The van der Waals surface area contributed by atoms with Crippen molar-refractivity contribution in [3.05, 3.63) is 35.9 Å². The van der Waals surface area contributed by atoms with E-state index in [1.54, 1.807) is 25.3 Å². The maximum atomic E-state index is 12.2. The van der Waals surface area contributed by atoms with Crippen LogP contribution in [0.1, 0.15) is 10.4 Å². The number of nitrogens with zero attached hydrogens (tertiary/aromatic N) is 1. The van der Waals surface area contributed by atoms with E-state index >= 15 is 0 Å². The van der Waals surface area contributed by atoms with Gasteiger partial charge in [-0.3, -0.25) is 4.79 Å². The van der Waals surface area contributed by atoms with Crippen LogP contribution in [0.15, 0.2) is 30.4 Å². The molecule has 0 spiro atoms. The topological polar surface area (TPSA) is 38.8 Å². The molecule has 18 heavy (non-hydrogen) atoms. The van der Waals surface area contributed by atoms with Gasteiger partial charge in [0.25, 0.3) is 0 Å². The number of rotatable bonds is 6. The lowest BCUT2D eigenvalue weighted by Gasteiger charge is -2.13. The molecule has 0 unspecified atom stereocenters. The predicted molar refractivity (Wildman–Crippen MR) is 71.6 cm³/mol. The van der Waals surface area contributed by atoms with E-state index in [1.165, 1.54) is 7.11 Å². The molecule has 0 aliphatic carbocycles. The van der Waals surface area contributed by atoms with Gasteiger partial charge in [0.05, 0.1) is 19.8 Å². The van der Waals surface area contributed by atoms with E-state index in [4.69, 9.17) is 9.47 Å². The zero-order valence-corrected chi connectivity index (χ0v) is 11.3. The van der Waals surface area contributed by atoms with Crippen LogP contribution in [0.2, 0.25) is 0 Å². The van der Waals surface area contributed by atoms with Crippen LogP contribution in [0.25, 0.3) is 0 Å². The van der Waals surface area contributed by atoms with Crippen LogP contribution in [-0.4, -0.2) is 45.5 Å². The lowest BCUT2D eigenvalue weighted by molar-refractivity contribution is 0.102. The quantitative estimate of drug-likeness (QED) is 0.571. The van der Waals surface area contributed by atoms with E-state index in [0.29, 0.717) is 29.2 Å². The highest BCUT2D eigenvalue weighted by Crippen LogP contribution is 2.26. The molecule has 0 saturated carbocycles. The first-order valence-electron chi connectivity index (χ1n) is 5.58. The minimum Gasteiger partial charge on any atom is -0.497 e. The summed E-state index contributed by atoms with van der Waals surface area (Å²) in [4.78, 5) is 14.1. The Hall–Kier alpha value is -1.81. The van der Waals surface area contributed by atoms with Crippen molar-refractivity contribution in [1.29, 1.82) is 0 Å². The Kier molecular flexibility index (Phi) is 4.92. The van der Waals surface area contributed by atoms with Crippen molar-refractivity contribution in [3.63, 3.8) is 0 Å². The minimum atomic E-state index is -0.108. The number of hydrogen-bond acceptors (Lipinski definition) is 4. The molecule has 0 bridgehead atoms. The van der Waals surface area contributed by atoms with Crippen LogP contribution in [0.4, 0.5) is 0 Å². The van der Waals surface area contributed by atoms with Gasteiger partial charge in [0.15, 0.2) is 5.78 Å². The number of benzene rings is 1. The van der Waals surface area contributed by atoms with Crippen molar-refractivity contribution in [1.82, 2.24) is 4.90 Å². The van der Waals surface area contributed by atoms with Crippen LogP contribution in [0, 0.1) is 0 Å². The van der Waals surface area contributed by atoms with Crippen LogP contribution in [0.5, 0.6) is 11.5 Å². The fourth-order valence-electron chi connectivity index (χ4n) is 1.63. The van der Waals surface area contributed by atoms with Gasteiger partial charge in [-0.2, -0.15) is 0 Å². The van der Waals surface area contributed by atoms with Gasteiger partial charge < -0.3 is 14.4 Å². The van der Waals surface area contributed by atoms with Crippen LogP contribution >= 0.6 is 0 Å². The Balaban J connectivity index is 3.01. The van der Waals surface area contributed by atoms with Gasteiger partial charge in [-0.15, -0.1) is 0 Å². The molecule has 0 saturated heterocycles. The fraction of sp³-hybridized carbons (Fsp3) is 0.357. The molecule has 0 N–H and O–H groups in total. The van der Waals surface area contributed by atoms with Gasteiger partial charge in [0.1, 0.15) is 11.5 Å². The second-order valence-corrected chi connectivity index (χ2v) is 4.24. The van der Waals surface area contributed by atoms with Gasteiger partial charge in [-0.1, -0.05) is 6.58 Å². The normalized spacial score (nSPS) is 10.3. The smallest absolute Gasteiger partial charge is 0.193 e. The summed E-state index contributed by atoms with van der Waals surface area (Å²) < 4.78 is 10.3. The summed E-state index contributed by atoms with van der Waals surface area (Å²) in [6.07, 6.45) is 0. The molecular formula is C14H19NO3. The third-order valence-corrected chi connectivity index (χ3v) is 2.48. The molecule has 0 amide bonds. The highest BCUT2D eigenvalue weighted by atomic mass is 16.5. The number of carbonyl (C=O) groups is 1. The Morgan fingerprint density at radius 3 is 2.44 bits per heavy atom. The molecule has 0 aromatic heterocycles. The minimum absolute atomic E-state index is 0.108. The number of ketones is 1. The molecule has 0 atom stereocenters. The maximum Gasteiger partial charge on any atom is 0.193 e. The number of carbonyl (C=O) groups excluding carboxylic acids is 1. The van der Waals surface area contributed by atoms with Crippen molar-refractivity contribution in [2.24, 2.45) is 0 Å². The van der Waals surface area contributed by atoms with Gasteiger partial charge in [-0.25, -0.2) is 0 Å². The summed E-state index contributed by atoms with van der Waals surface area (Å²) in [6, 6.07) is 5.12. The van der Waals surface area contributed by atoms with E-state index in [0.717, 1.165) is 0 Å². The number of likely N-dealkylation sites (N-methyl/N-ethyl adjacent to an activating group) is 1. The maximum absolute atomic E-state index is 12.2. The zero-order valence-electron chi connectivity index (χ0n) is 11.3. The van der Waals surface area contributed by atoms with Crippen molar-refractivity contribution in [2.75, 3.05) is 34.9 Å². The van der Waals surface area contributed by atoms with E-state index in [2.05, 4.69) is 6.58 Å². The second kappa shape index (κ2) is 6.21. The lowest BCUT2D eigenvalue weighted by Crippen LogP contribution is -2.19. The SMILES string of the molecule is C=C(CN(C)C)C(=O)c1ccc(OC)cc1OC. The fourth-order valence-corrected chi connectivity index (χ4v) is 1.63. The van der Waals surface area contributed by atoms with Crippen molar-refractivity contribution in [2.45, 2.75) is 0 Å². The zero-order chi connectivity index (χ0) is 13.7. The van der Waals surface area contributed by atoms with E-state index in [1.807, 2.05) is 19.0 Å². The predicted octanol–water partition coefficient (Wildman–Crippen LogP) is 2.00. The van der Waals surface area contributed by atoms with Crippen LogP contribution < -0.4 is 9.47 Å². The average Bonchev–Trinajstić information content (AvgIpc) is 2.36. The number of methoxy groups -OCH3 is 2. The molecule has 0 aliphatic heterocycles. The molecule has 4 nitrogen and oxygen atoms in total. The molecular weight excluding hydrogens is 230 g/mol. The molecule has 0 radical (unpaired) electrons. The summed E-state index contributed by atoms with van der Waals surface area (Å²) in [7, 11) is 6.88. The molecule has 1 aromatic rings. The van der Waals surface area contributed by atoms with Gasteiger partial charge in [0.2, 0.25) is 0 Å². The Labute approximate surface area is 108 Å². The molecule has 1 aromatic carbocycles. The summed E-state index contributed by atoms with van der Waals surface area (Å²) in [6.45, 7) is 4.33. The highest BCUT2D eigenvalue weighted by Gasteiger charge is 2.16. The number of ether oxygens (including phenoxy) is 2. The van der Waals surface area contributed by atoms with Gasteiger partial charge in [-0.05, 0) is 26.2 Å². The number of hydrogen-bond donors (Lipinski definition) is 0. The molecule has 4 heteroatoms. The largest absolute Gasteiger partial charge is 0.497 e. The lowest BCUT2D eigenvalue weighted by atomic mass is 10.0. The molecule has 1 rings (SSSR count). The monoisotopic (exact) mass is 249 g/mol. The Morgan fingerprint density at radius 2 is 1.94 bits per heavy atom. The van der Waals surface area contributed by atoms with E-state index in [-0.39, 0.29) is 5.78 Å². The summed E-state index contributed by atoms with van der Waals surface area (Å²) >= 11 is 0. The molecule has 98 valence electrons. The summed E-state index contributed by atoms with van der Waals surface area (Å²) in [5.74, 6) is 1.05. The van der Waals surface area contributed by atoms with Crippen molar-refractivity contribution in [3.8, 4) is 11.5 Å². The third-order valence-electron chi connectivity index (χ3n) is 2.48. The molecule has 0 heterocycles. The van der Waals surface area contributed by atoms with Gasteiger partial charge >= 0.3 is 0 Å². The Morgan fingerprint density at radius 1 is 1.28 bits per heavy atom. The molecule has 0 aliphatic rings. The Bertz CT molecular complexity index is 452. The average molecular weight is 249 g/mol. The van der Waals surface area contributed by atoms with Crippen molar-refractivity contribution >= 4 is 5.78 Å². The first-order chi connectivity index (χ1) is 8.49. The molecule has 0 fully saturated rings. The highest BCUT2D eigenvalue weighted by molar-refractivity contribution is 6.10. The van der Waals surface area contributed by atoms with E-state index < -0.39 is 0 Å². The summed E-state index contributed by atoms with van der Waals surface area (Å²) in [5.41, 5.74) is 1.04. The van der Waals surface area contributed by atoms with Crippen LogP contribution in [0.3, 0.4) is 0 Å². The second-order valence-electron chi connectivity index (χ2n) is 4.24. The van der Waals surface area contributed by atoms with Crippen LogP contribution in [-0.2, 0) is 0 Å². The third kappa shape index (κ3) is 3.34. The van der Waals surface area contributed by atoms with Gasteiger partial charge in [0, 0.05) is 18.2 Å². The first-order valence-corrected chi connectivity index (χ1v) is 5.58. The first kappa shape index (κ1) is 14.3. The standard InChI is InChI=1S/C14H19NO3/c1-10(9-15(2)3)14(16)12-7-6-11(17-4)8-13(12)18-5/h6-8H,1,9H2,2-5H3. The summed E-state index contributed by atoms with van der Waals surface area (Å²) in [5, 5.41) is 0. The number of Topliss-reactive ketones (excluding diaryl/α,β-unsaturated/α-hetero) is 1.